The second kappa shape index (κ2) is 5.74. The molecule has 0 aliphatic heterocycles. The van der Waals surface area contributed by atoms with E-state index in [0.717, 1.165) is 11.1 Å². The number of hydrogen-bond acceptors (Lipinski definition) is 2. The van der Waals surface area contributed by atoms with Crippen molar-refractivity contribution in [2.45, 2.75) is 6.18 Å². The van der Waals surface area contributed by atoms with E-state index in [2.05, 4.69) is 4.98 Å². The number of halogens is 4. The van der Waals surface area contributed by atoms with Crippen molar-refractivity contribution in [1.82, 2.24) is 4.98 Å². The number of aromatic nitrogens is 1. The summed E-state index contributed by atoms with van der Waals surface area (Å²) in [5, 5.41) is 1.89. The van der Waals surface area contributed by atoms with Crippen LogP contribution in [0.15, 0.2) is 48.5 Å². The molecule has 132 valence electrons. The van der Waals surface area contributed by atoms with Crippen LogP contribution >= 0.6 is 11.6 Å². The van der Waals surface area contributed by atoms with Crippen LogP contribution in [0.4, 0.5) is 18.9 Å². The summed E-state index contributed by atoms with van der Waals surface area (Å²) in [6.45, 7) is 0. The van der Waals surface area contributed by atoms with Crippen molar-refractivity contribution >= 4 is 49.9 Å². The Bertz CT molecular complexity index is 1170. The minimum atomic E-state index is -4.52. The number of anilines is 1. The maximum Gasteiger partial charge on any atom is 0.417 e. The SMILES string of the molecule is CN(C)c1cccc2c1ccc1c(C(F)(F)F)c3cc(Cl)ccc3nc12. The molecule has 0 spiro atoms. The largest absolute Gasteiger partial charge is 0.417 e. The Morgan fingerprint density at radius 3 is 2.31 bits per heavy atom. The number of benzene rings is 3. The molecule has 0 saturated carbocycles. The summed E-state index contributed by atoms with van der Waals surface area (Å²) in [5.41, 5.74) is 0.846. The van der Waals surface area contributed by atoms with Gasteiger partial charge in [0.15, 0.2) is 0 Å². The summed E-state index contributed by atoms with van der Waals surface area (Å²) in [5.74, 6) is 0. The molecule has 1 aromatic heterocycles. The number of alkyl halides is 3. The monoisotopic (exact) mass is 374 g/mol. The van der Waals surface area contributed by atoms with Gasteiger partial charge in [0.25, 0.3) is 0 Å². The quantitative estimate of drug-likeness (QED) is 0.288. The molecular formula is C20H14ClF3N2. The second-order valence-electron chi connectivity index (χ2n) is 6.37. The molecule has 0 fully saturated rings. The van der Waals surface area contributed by atoms with Crippen LogP contribution in [0.25, 0.3) is 32.6 Å². The van der Waals surface area contributed by atoms with Crippen LogP contribution in [0.5, 0.6) is 0 Å². The Morgan fingerprint density at radius 2 is 1.62 bits per heavy atom. The van der Waals surface area contributed by atoms with E-state index < -0.39 is 11.7 Å². The molecular weight excluding hydrogens is 361 g/mol. The lowest BCUT2D eigenvalue weighted by molar-refractivity contribution is -0.135. The smallest absolute Gasteiger partial charge is 0.377 e. The van der Waals surface area contributed by atoms with Crippen molar-refractivity contribution in [2.75, 3.05) is 19.0 Å². The minimum absolute atomic E-state index is 0.0145. The lowest BCUT2D eigenvalue weighted by Crippen LogP contribution is -2.10. The first kappa shape index (κ1) is 16.9. The molecule has 0 aliphatic rings. The maximum absolute atomic E-state index is 13.9. The summed E-state index contributed by atoms with van der Waals surface area (Å²) in [6.07, 6.45) is -4.52. The summed E-state index contributed by atoms with van der Waals surface area (Å²) < 4.78 is 41.7. The van der Waals surface area contributed by atoms with Crippen molar-refractivity contribution in [2.24, 2.45) is 0 Å². The molecule has 0 unspecified atom stereocenters. The maximum atomic E-state index is 13.9. The van der Waals surface area contributed by atoms with Gasteiger partial charge in [0.2, 0.25) is 0 Å². The number of nitrogens with zero attached hydrogens (tertiary/aromatic N) is 2. The standard InChI is InChI=1S/C20H14ClF3N2/c1-26(2)17-5-3-4-13-12(17)7-8-14-18(20(22,23)24)15-10-11(21)6-9-16(15)25-19(13)14/h3-10H,1-2H3. The van der Waals surface area contributed by atoms with Gasteiger partial charge in [-0.1, -0.05) is 35.9 Å². The molecule has 0 bridgehead atoms. The Morgan fingerprint density at radius 1 is 0.885 bits per heavy atom. The van der Waals surface area contributed by atoms with Crippen LogP contribution < -0.4 is 4.90 Å². The van der Waals surface area contributed by atoms with Gasteiger partial charge < -0.3 is 4.90 Å². The van der Waals surface area contributed by atoms with Crippen LogP contribution in [-0.4, -0.2) is 19.1 Å². The number of rotatable bonds is 1. The van der Waals surface area contributed by atoms with Gasteiger partial charge in [0.05, 0.1) is 16.6 Å². The summed E-state index contributed by atoms with van der Waals surface area (Å²) in [4.78, 5) is 6.47. The highest BCUT2D eigenvalue weighted by Gasteiger charge is 2.35. The van der Waals surface area contributed by atoms with Gasteiger partial charge in [-0.15, -0.1) is 0 Å². The van der Waals surface area contributed by atoms with Gasteiger partial charge in [0, 0.05) is 46.4 Å². The van der Waals surface area contributed by atoms with Crippen molar-refractivity contribution in [3.8, 4) is 0 Å². The molecule has 0 atom stereocenters. The lowest BCUT2D eigenvalue weighted by Gasteiger charge is -2.18. The van der Waals surface area contributed by atoms with Crippen molar-refractivity contribution < 1.29 is 13.2 Å². The zero-order valence-electron chi connectivity index (χ0n) is 14.0. The Labute approximate surface area is 152 Å². The van der Waals surface area contributed by atoms with E-state index in [1.165, 1.54) is 18.2 Å². The fraction of sp³-hybridized carbons (Fsp3) is 0.150. The minimum Gasteiger partial charge on any atom is -0.377 e. The van der Waals surface area contributed by atoms with Crippen LogP contribution in [0.3, 0.4) is 0 Å². The third kappa shape index (κ3) is 2.54. The van der Waals surface area contributed by atoms with Crippen molar-refractivity contribution in [3.63, 3.8) is 0 Å². The molecule has 3 aromatic carbocycles. The zero-order chi connectivity index (χ0) is 18.6. The second-order valence-corrected chi connectivity index (χ2v) is 6.81. The normalized spacial score (nSPS) is 12.2. The molecule has 4 rings (SSSR count). The van der Waals surface area contributed by atoms with E-state index in [4.69, 9.17) is 11.6 Å². The van der Waals surface area contributed by atoms with Crippen LogP contribution in [0.2, 0.25) is 5.02 Å². The fourth-order valence-corrected chi connectivity index (χ4v) is 3.59. The van der Waals surface area contributed by atoms with E-state index >= 15 is 0 Å². The molecule has 1 heterocycles. The predicted molar refractivity (Wildman–Crippen MR) is 101 cm³/mol. The molecule has 2 nitrogen and oxygen atoms in total. The molecule has 6 heteroatoms. The lowest BCUT2D eigenvalue weighted by atomic mass is 9.97. The van der Waals surface area contributed by atoms with E-state index in [1.54, 1.807) is 18.2 Å². The molecule has 4 aromatic rings. The Balaban J connectivity index is 2.25. The average molecular weight is 375 g/mol. The molecule has 0 saturated heterocycles. The third-order valence-electron chi connectivity index (χ3n) is 4.50. The predicted octanol–water partition coefficient (Wildman–Crippen LogP) is 6.28. The highest BCUT2D eigenvalue weighted by molar-refractivity contribution is 6.31. The number of fused-ring (bicyclic) bond motifs is 4. The molecule has 0 radical (unpaired) electrons. The van der Waals surface area contributed by atoms with Crippen molar-refractivity contribution in [3.05, 3.63) is 59.1 Å². The van der Waals surface area contributed by atoms with E-state index in [9.17, 15) is 13.2 Å². The topological polar surface area (TPSA) is 16.1 Å². The third-order valence-corrected chi connectivity index (χ3v) is 4.74. The van der Waals surface area contributed by atoms with Gasteiger partial charge in [-0.25, -0.2) is 4.98 Å². The number of pyridine rings is 1. The molecule has 0 N–H and O–H groups in total. The summed E-state index contributed by atoms with van der Waals surface area (Å²) in [6, 6.07) is 13.2. The molecule has 0 aliphatic carbocycles. The van der Waals surface area contributed by atoms with Crippen LogP contribution in [-0.2, 0) is 6.18 Å². The highest BCUT2D eigenvalue weighted by Crippen LogP contribution is 2.42. The van der Waals surface area contributed by atoms with Gasteiger partial charge in [-0.2, -0.15) is 13.2 Å². The summed E-state index contributed by atoms with van der Waals surface area (Å²) in [7, 11) is 3.80. The van der Waals surface area contributed by atoms with E-state index in [-0.39, 0.29) is 21.3 Å². The Hall–Kier alpha value is -2.53. The summed E-state index contributed by atoms with van der Waals surface area (Å²) >= 11 is 5.94. The van der Waals surface area contributed by atoms with Crippen molar-refractivity contribution in [1.29, 1.82) is 0 Å². The number of hydrogen-bond donors (Lipinski definition) is 0. The molecule has 0 amide bonds. The van der Waals surface area contributed by atoms with E-state index in [0.29, 0.717) is 10.9 Å². The fourth-order valence-electron chi connectivity index (χ4n) is 3.41. The molecule has 26 heavy (non-hydrogen) atoms. The zero-order valence-corrected chi connectivity index (χ0v) is 14.8. The van der Waals surface area contributed by atoms with Gasteiger partial charge in [-0.05, 0) is 24.3 Å². The first-order valence-electron chi connectivity index (χ1n) is 7.96. The average Bonchev–Trinajstić information content (AvgIpc) is 2.57. The van der Waals surface area contributed by atoms with Crippen LogP contribution in [0, 0.1) is 0 Å². The van der Waals surface area contributed by atoms with Gasteiger partial charge in [0.1, 0.15) is 0 Å². The van der Waals surface area contributed by atoms with E-state index in [1.807, 2.05) is 31.1 Å². The highest BCUT2D eigenvalue weighted by atomic mass is 35.5. The van der Waals surface area contributed by atoms with Crippen LogP contribution in [0.1, 0.15) is 5.56 Å². The van der Waals surface area contributed by atoms with Gasteiger partial charge >= 0.3 is 6.18 Å². The Kier molecular flexibility index (Phi) is 3.74. The van der Waals surface area contributed by atoms with Gasteiger partial charge in [-0.3, -0.25) is 0 Å². The first-order chi connectivity index (χ1) is 12.3. The first-order valence-corrected chi connectivity index (χ1v) is 8.34.